The van der Waals surface area contributed by atoms with Gasteiger partial charge in [-0.05, 0) is 55.0 Å². The van der Waals surface area contributed by atoms with Crippen molar-refractivity contribution < 1.29 is 27.2 Å². The van der Waals surface area contributed by atoms with Crippen molar-refractivity contribution in [3.63, 3.8) is 0 Å². The average Bonchev–Trinajstić information content (AvgIpc) is 2.69. The standard InChI is InChI=1S/C21H15F4N3O2/c1-12-4-6-14(10-16(12)19(29)28-15-3-2-8-26-11-15)27-20(30)17-9-13(21(23,24)25)5-7-18(17)22/h2-11H,1H3,(H,27,30)(H,28,29). The number of hydrogen-bond donors (Lipinski definition) is 2. The second kappa shape index (κ2) is 8.32. The van der Waals surface area contributed by atoms with Crippen LogP contribution in [0.3, 0.4) is 0 Å². The van der Waals surface area contributed by atoms with Crippen LogP contribution in [-0.4, -0.2) is 16.8 Å². The molecular weight excluding hydrogens is 402 g/mol. The second-order valence-corrected chi connectivity index (χ2v) is 6.37. The van der Waals surface area contributed by atoms with E-state index in [2.05, 4.69) is 15.6 Å². The summed E-state index contributed by atoms with van der Waals surface area (Å²) in [6.07, 6.45) is -1.72. The number of alkyl halides is 3. The molecule has 0 aliphatic rings. The molecule has 0 aliphatic carbocycles. The first-order chi connectivity index (χ1) is 14.1. The zero-order valence-electron chi connectivity index (χ0n) is 15.5. The number of nitrogens with one attached hydrogen (secondary N) is 2. The molecule has 1 aromatic heterocycles. The molecule has 0 unspecified atom stereocenters. The largest absolute Gasteiger partial charge is 0.416 e. The fraction of sp³-hybridized carbons (Fsp3) is 0.0952. The van der Waals surface area contributed by atoms with Gasteiger partial charge in [-0.15, -0.1) is 0 Å². The van der Waals surface area contributed by atoms with Crippen molar-refractivity contribution in [1.29, 1.82) is 0 Å². The number of pyridine rings is 1. The van der Waals surface area contributed by atoms with Crippen LogP contribution in [0.2, 0.25) is 0 Å². The summed E-state index contributed by atoms with van der Waals surface area (Å²) in [5.74, 6) is -2.63. The van der Waals surface area contributed by atoms with Crippen LogP contribution in [0.15, 0.2) is 60.9 Å². The van der Waals surface area contributed by atoms with Gasteiger partial charge in [-0.3, -0.25) is 14.6 Å². The number of amides is 2. The van der Waals surface area contributed by atoms with E-state index in [4.69, 9.17) is 0 Å². The van der Waals surface area contributed by atoms with E-state index < -0.39 is 34.9 Å². The van der Waals surface area contributed by atoms with Gasteiger partial charge in [-0.2, -0.15) is 13.2 Å². The van der Waals surface area contributed by atoms with E-state index in [9.17, 15) is 27.2 Å². The van der Waals surface area contributed by atoms with Gasteiger partial charge in [0, 0.05) is 17.4 Å². The number of carbonyl (C=O) groups excluding carboxylic acids is 2. The summed E-state index contributed by atoms with van der Waals surface area (Å²) in [4.78, 5) is 28.7. The van der Waals surface area contributed by atoms with Gasteiger partial charge >= 0.3 is 6.18 Å². The Kier molecular flexibility index (Phi) is 5.81. The van der Waals surface area contributed by atoms with E-state index in [1.165, 1.54) is 18.3 Å². The van der Waals surface area contributed by atoms with Gasteiger partial charge in [0.1, 0.15) is 5.82 Å². The molecule has 0 aliphatic heterocycles. The van der Waals surface area contributed by atoms with Crippen molar-refractivity contribution in [2.75, 3.05) is 10.6 Å². The van der Waals surface area contributed by atoms with Gasteiger partial charge in [0.2, 0.25) is 0 Å². The monoisotopic (exact) mass is 417 g/mol. The Bertz CT molecular complexity index is 1100. The maximum atomic E-state index is 13.9. The first kappa shape index (κ1) is 21.0. The summed E-state index contributed by atoms with van der Waals surface area (Å²) in [5, 5.41) is 4.97. The molecule has 3 rings (SSSR count). The lowest BCUT2D eigenvalue weighted by atomic mass is 10.1. The van der Waals surface area contributed by atoms with Crippen molar-refractivity contribution in [3.8, 4) is 0 Å². The van der Waals surface area contributed by atoms with E-state index in [-0.39, 0.29) is 11.3 Å². The fourth-order valence-corrected chi connectivity index (χ4v) is 2.65. The highest BCUT2D eigenvalue weighted by molar-refractivity contribution is 6.08. The summed E-state index contributed by atoms with van der Waals surface area (Å²) < 4.78 is 52.5. The number of anilines is 2. The molecule has 1 heterocycles. The van der Waals surface area contributed by atoms with Crippen molar-refractivity contribution in [2.24, 2.45) is 0 Å². The van der Waals surface area contributed by atoms with Gasteiger partial charge < -0.3 is 10.6 Å². The van der Waals surface area contributed by atoms with E-state index in [1.54, 1.807) is 31.3 Å². The molecule has 0 saturated carbocycles. The third kappa shape index (κ3) is 4.80. The SMILES string of the molecule is Cc1ccc(NC(=O)c2cc(C(F)(F)F)ccc2F)cc1C(=O)Nc1cccnc1. The smallest absolute Gasteiger partial charge is 0.322 e. The minimum atomic E-state index is -4.72. The summed E-state index contributed by atoms with van der Waals surface area (Å²) in [7, 11) is 0. The summed E-state index contributed by atoms with van der Waals surface area (Å²) >= 11 is 0. The molecule has 154 valence electrons. The first-order valence-electron chi connectivity index (χ1n) is 8.65. The molecule has 30 heavy (non-hydrogen) atoms. The number of aromatic nitrogens is 1. The number of halogens is 4. The van der Waals surface area contributed by atoms with Gasteiger partial charge in [-0.25, -0.2) is 4.39 Å². The lowest BCUT2D eigenvalue weighted by Crippen LogP contribution is -2.17. The van der Waals surface area contributed by atoms with Crippen molar-refractivity contribution >= 4 is 23.2 Å². The molecule has 0 saturated heterocycles. The molecule has 2 aromatic carbocycles. The summed E-state index contributed by atoms with van der Waals surface area (Å²) in [6.45, 7) is 1.68. The van der Waals surface area contributed by atoms with E-state index in [1.807, 2.05) is 0 Å². The Morgan fingerprint density at radius 2 is 1.60 bits per heavy atom. The molecule has 0 bridgehead atoms. The van der Waals surface area contributed by atoms with Gasteiger partial charge in [0.25, 0.3) is 11.8 Å². The van der Waals surface area contributed by atoms with Crippen LogP contribution < -0.4 is 10.6 Å². The Morgan fingerprint density at radius 1 is 0.900 bits per heavy atom. The number of aryl methyl sites for hydroxylation is 1. The molecule has 5 nitrogen and oxygen atoms in total. The maximum absolute atomic E-state index is 13.9. The molecule has 0 fully saturated rings. The van der Waals surface area contributed by atoms with Crippen LogP contribution >= 0.6 is 0 Å². The Hall–Kier alpha value is -3.75. The molecule has 9 heteroatoms. The first-order valence-corrected chi connectivity index (χ1v) is 8.65. The van der Waals surface area contributed by atoms with Crippen molar-refractivity contribution in [3.05, 3.63) is 89.0 Å². The van der Waals surface area contributed by atoms with Crippen LogP contribution in [0.1, 0.15) is 31.8 Å². The average molecular weight is 417 g/mol. The molecular formula is C21H15F4N3O2. The highest BCUT2D eigenvalue weighted by Gasteiger charge is 2.32. The summed E-state index contributed by atoms with van der Waals surface area (Å²) in [6, 6.07) is 9.22. The normalized spacial score (nSPS) is 11.1. The van der Waals surface area contributed by atoms with E-state index in [0.29, 0.717) is 29.4 Å². The molecule has 2 amide bonds. The summed E-state index contributed by atoms with van der Waals surface area (Å²) in [5.41, 5.74) is -0.497. The Morgan fingerprint density at radius 3 is 2.27 bits per heavy atom. The predicted molar refractivity (Wildman–Crippen MR) is 103 cm³/mol. The van der Waals surface area contributed by atoms with Crippen LogP contribution in [-0.2, 0) is 6.18 Å². The fourth-order valence-electron chi connectivity index (χ4n) is 2.65. The minimum Gasteiger partial charge on any atom is -0.322 e. The van der Waals surface area contributed by atoms with Gasteiger partial charge in [0.05, 0.1) is 23.0 Å². The number of hydrogen-bond acceptors (Lipinski definition) is 3. The zero-order chi connectivity index (χ0) is 21.9. The highest BCUT2D eigenvalue weighted by atomic mass is 19.4. The van der Waals surface area contributed by atoms with Crippen molar-refractivity contribution in [2.45, 2.75) is 13.1 Å². The number of rotatable bonds is 4. The predicted octanol–water partition coefficient (Wildman–Crippen LogP) is 5.05. The third-order valence-electron chi connectivity index (χ3n) is 4.20. The number of nitrogens with zero attached hydrogens (tertiary/aromatic N) is 1. The van der Waals surface area contributed by atoms with E-state index in [0.717, 1.165) is 0 Å². The lowest BCUT2D eigenvalue weighted by molar-refractivity contribution is -0.137. The molecule has 0 spiro atoms. The number of carbonyl (C=O) groups is 2. The quantitative estimate of drug-likeness (QED) is 0.584. The number of benzene rings is 2. The van der Waals surface area contributed by atoms with Gasteiger partial charge in [-0.1, -0.05) is 6.07 Å². The van der Waals surface area contributed by atoms with Crippen LogP contribution in [0, 0.1) is 12.7 Å². The molecule has 3 aromatic rings. The zero-order valence-corrected chi connectivity index (χ0v) is 15.5. The lowest BCUT2D eigenvalue weighted by Gasteiger charge is -2.12. The van der Waals surface area contributed by atoms with Crippen molar-refractivity contribution in [1.82, 2.24) is 4.98 Å². The molecule has 2 N–H and O–H groups in total. The maximum Gasteiger partial charge on any atom is 0.416 e. The van der Waals surface area contributed by atoms with Gasteiger partial charge in [0.15, 0.2) is 0 Å². The Balaban J connectivity index is 1.83. The highest BCUT2D eigenvalue weighted by Crippen LogP contribution is 2.30. The van der Waals surface area contributed by atoms with Crippen LogP contribution in [0.5, 0.6) is 0 Å². The second-order valence-electron chi connectivity index (χ2n) is 6.37. The van der Waals surface area contributed by atoms with Crippen LogP contribution in [0.4, 0.5) is 28.9 Å². The topological polar surface area (TPSA) is 71.1 Å². The molecule has 0 radical (unpaired) electrons. The van der Waals surface area contributed by atoms with E-state index >= 15 is 0 Å². The molecule has 0 atom stereocenters. The van der Waals surface area contributed by atoms with Crippen LogP contribution in [0.25, 0.3) is 0 Å². The minimum absolute atomic E-state index is 0.124. The third-order valence-corrected chi connectivity index (χ3v) is 4.20. The Labute approximate surface area is 168 Å².